The minimum Gasteiger partial charge on any atom is -0.507 e. The molecule has 0 atom stereocenters. The molecule has 0 radical (unpaired) electrons. The molecule has 2 heterocycles. The van der Waals surface area contributed by atoms with Crippen LogP contribution in [0.3, 0.4) is 0 Å². The first-order chi connectivity index (χ1) is 15.5. The van der Waals surface area contributed by atoms with Crippen LogP contribution in [0.5, 0.6) is 5.75 Å². The van der Waals surface area contributed by atoms with E-state index >= 15 is 0 Å². The first-order valence-electron chi connectivity index (χ1n) is 10.2. The Morgan fingerprint density at radius 2 is 1.59 bits per heavy atom. The molecule has 0 aliphatic carbocycles. The van der Waals surface area contributed by atoms with Crippen molar-refractivity contribution in [3.05, 3.63) is 76.8 Å². The van der Waals surface area contributed by atoms with Crippen molar-refractivity contribution in [1.82, 2.24) is 14.8 Å². The van der Waals surface area contributed by atoms with Crippen LogP contribution in [-0.4, -0.2) is 63.8 Å². The van der Waals surface area contributed by atoms with Gasteiger partial charge in [-0.3, -0.25) is 19.7 Å². The van der Waals surface area contributed by atoms with E-state index in [0.717, 1.165) is 0 Å². The normalized spacial score (nSPS) is 13.6. The van der Waals surface area contributed by atoms with Gasteiger partial charge in [0.1, 0.15) is 5.75 Å². The van der Waals surface area contributed by atoms with E-state index in [0.29, 0.717) is 42.6 Å². The molecule has 1 fully saturated rings. The summed E-state index contributed by atoms with van der Waals surface area (Å²) in [6.45, 7) is 1.63. The maximum Gasteiger partial charge on any atom is 0.257 e. The lowest BCUT2D eigenvalue weighted by atomic mass is 10.1. The number of benzene rings is 2. The second-order valence-corrected chi connectivity index (χ2v) is 8.19. The van der Waals surface area contributed by atoms with Crippen molar-refractivity contribution in [1.29, 1.82) is 0 Å². The van der Waals surface area contributed by atoms with Gasteiger partial charge < -0.3 is 14.9 Å². The summed E-state index contributed by atoms with van der Waals surface area (Å²) in [5.74, 6) is -0.614. The molecule has 164 valence electrons. The molecule has 0 unspecified atom stereocenters. The molecule has 0 saturated carbocycles. The van der Waals surface area contributed by atoms with Crippen molar-refractivity contribution in [3.63, 3.8) is 0 Å². The highest BCUT2D eigenvalue weighted by molar-refractivity contribution is 7.14. The van der Waals surface area contributed by atoms with E-state index in [1.54, 1.807) is 57.6 Å². The summed E-state index contributed by atoms with van der Waals surface area (Å²) < 4.78 is 0. The quantitative estimate of drug-likeness (QED) is 0.622. The highest BCUT2D eigenvalue weighted by Gasteiger charge is 2.26. The molecular formula is C23H22N4O4S. The van der Waals surface area contributed by atoms with Gasteiger partial charge in [0.15, 0.2) is 5.13 Å². The van der Waals surface area contributed by atoms with Crippen LogP contribution in [0.25, 0.3) is 0 Å². The van der Waals surface area contributed by atoms with E-state index in [1.807, 2.05) is 6.07 Å². The Labute approximate surface area is 189 Å². The largest absolute Gasteiger partial charge is 0.507 e. The number of thiazole rings is 1. The van der Waals surface area contributed by atoms with Crippen LogP contribution in [0.15, 0.2) is 60.0 Å². The van der Waals surface area contributed by atoms with E-state index < -0.39 is 0 Å². The Bertz CT molecular complexity index is 1120. The lowest BCUT2D eigenvalue weighted by Gasteiger charge is -2.34. The van der Waals surface area contributed by atoms with Crippen molar-refractivity contribution >= 4 is 34.2 Å². The SMILES string of the molecule is O=C(Nc1nc(CC(=O)N2CCN(C(=O)c3ccccc3O)CC2)cs1)c1ccccc1. The third-order valence-corrected chi connectivity index (χ3v) is 6.00. The standard InChI is InChI=1S/C23H22N4O4S/c28-19-9-5-4-8-18(19)22(31)27-12-10-26(11-13-27)20(29)14-17-15-32-23(24-17)25-21(30)16-6-2-1-3-7-16/h1-9,15,28H,10-14H2,(H,24,25,30). The molecule has 32 heavy (non-hydrogen) atoms. The number of anilines is 1. The summed E-state index contributed by atoms with van der Waals surface area (Å²) in [7, 11) is 0. The molecule has 2 aromatic carbocycles. The Morgan fingerprint density at radius 1 is 0.938 bits per heavy atom. The number of aromatic hydroxyl groups is 1. The first kappa shape index (κ1) is 21.5. The Balaban J connectivity index is 1.29. The molecule has 1 aromatic heterocycles. The van der Waals surface area contributed by atoms with Gasteiger partial charge in [-0.15, -0.1) is 11.3 Å². The van der Waals surface area contributed by atoms with Gasteiger partial charge >= 0.3 is 0 Å². The number of aromatic nitrogens is 1. The van der Waals surface area contributed by atoms with Gasteiger partial charge in [0.2, 0.25) is 5.91 Å². The lowest BCUT2D eigenvalue weighted by Crippen LogP contribution is -2.51. The highest BCUT2D eigenvalue weighted by Crippen LogP contribution is 2.20. The van der Waals surface area contributed by atoms with Crippen LogP contribution in [0.4, 0.5) is 5.13 Å². The Kier molecular flexibility index (Phi) is 6.46. The summed E-state index contributed by atoms with van der Waals surface area (Å²) in [6, 6.07) is 15.3. The number of hydrogen-bond acceptors (Lipinski definition) is 6. The zero-order valence-corrected chi connectivity index (χ0v) is 18.0. The molecule has 4 rings (SSSR count). The second-order valence-electron chi connectivity index (χ2n) is 7.33. The molecule has 1 saturated heterocycles. The predicted molar refractivity (Wildman–Crippen MR) is 121 cm³/mol. The number of phenolic OH excluding ortho intramolecular Hbond substituents is 1. The molecule has 3 amide bonds. The second kappa shape index (κ2) is 9.61. The van der Waals surface area contributed by atoms with Crippen LogP contribution < -0.4 is 5.32 Å². The van der Waals surface area contributed by atoms with Gasteiger partial charge in [0.25, 0.3) is 11.8 Å². The van der Waals surface area contributed by atoms with Gasteiger partial charge in [-0.1, -0.05) is 30.3 Å². The van der Waals surface area contributed by atoms with Gasteiger partial charge in [0.05, 0.1) is 17.7 Å². The van der Waals surface area contributed by atoms with E-state index in [4.69, 9.17) is 0 Å². The van der Waals surface area contributed by atoms with E-state index in [-0.39, 0.29) is 35.5 Å². The molecule has 9 heteroatoms. The molecule has 1 aliphatic heterocycles. The van der Waals surface area contributed by atoms with Gasteiger partial charge in [-0.25, -0.2) is 4.98 Å². The number of carbonyl (C=O) groups excluding carboxylic acids is 3. The molecule has 0 spiro atoms. The average Bonchev–Trinajstić information content (AvgIpc) is 3.26. The molecule has 8 nitrogen and oxygen atoms in total. The lowest BCUT2D eigenvalue weighted by molar-refractivity contribution is -0.132. The van der Waals surface area contributed by atoms with Crippen molar-refractivity contribution < 1.29 is 19.5 Å². The summed E-state index contributed by atoms with van der Waals surface area (Å²) in [5, 5.41) is 14.8. The molecule has 1 aliphatic rings. The average molecular weight is 451 g/mol. The number of amides is 3. The fourth-order valence-electron chi connectivity index (χ4n) is 3.45. The molecule has 2 N–H and O–H groups in total. The maximum atomic E-state index is 12.7. The molecule has 3 aromatic rings. The summed E-state index contributed by atoms with van der Waals surface area (Å²) in [5.41, 5.74) is 1.40. The van der Waals surface area contributed by atoms with E-state index in [1.165, 1.54) is 17.4 Å². The number of carbonyl (C=O) groups is 3. The molecule has 0 bridgehead atoms. The highest BCUT2D eigenvalue weighted by atomic mass is 32.1. The minimum atomic E-state index is -0.247. The fourth-order valence-corrected chi connectivity index (χ4v) is 4.16. The van der Waals surface area contributed by atoms with Crippen LogP contribution in [0.1, 0.15) is 26.4 Å². The maximum absolute atomic E-state index is 12.7. The van der Waals surface area contributed by atoms with Crippen molar-refractivity contribution in [2.75, 3.05) is 31.5 Å². The van der Waals surface area contributed by atoms with Crippen LogP contribution in [0.2, 0.25) is 0 Å². The molecular weight excluding hydrogens is 428 g/mol. The van der Waals surface area contributed by atoms with Crippen LogP contribution >= 0.6 is 11.3 Å². The summed E-state index contributed by atoms with van der Waals surface area (Å²) in [6.07, 6.45) is 0.130. The van der Waals surface area contributed by atoms with Gasteiger partial charge in [-0.05, 0) is 24.3 Å². The smallest absolute Gasteiger partial charge is 0.257 e. The number of rotatable bonds is 5. The summed E-state index contributed by atoms with van der Waals surface area (Å²) >= 11 is 1.27. The zero-order valence-electron chi connectivity index (χ0n) is 17.2. The van der Waals surface area contributed by atoms with Gasteiger partial charge in [0, 0.05) is 37.1 Å². The number of hydrogen-bond donors (Lipinski definition) is 2. The van der Waals surface area contributed by atoms with E-state index in [2.05, 4.69) is 10.3 Å². The Morgan fingerprint density at radius 3 is 2.31 bits per heavy atom. The monoisotopic (exact) mass is 450 g/mol. The number of phenols is 1. The Hall–Kier alpha value is -3.72. The van der Waals surface area contributed by atoms with Crippen molar-refractivity contribution in [3.8, 4) is 5.75 Å². The van der Waals surface area contributed by atoms with E-state index in [9.17, 15) is 19.5 Å². The topological polar surface area (TPSA) is 103 Å². The number of nitrogens with one attached hydrogen (secondary N) is 1. The van der Waals surface area contributed by atoms with Crippen molar-refractivity contribution in [2.24, 2.45) is 0 Å². The number of piperazine rings is 1. The van der Waals surface area contributed by atoms with Gasteiger partial charge in [-0.2, -0.15) is 0 Å². The third kappa shape index (κ3) is 4.94. The fraction of sp³-hybridized carbons (Fsp3) is 0.217. The summed E-state index contributed by atoms with van der Waals surface area (Å²) in [4.78, 5) is 45.2. The first-order valence-corrected chi connectivity index (χ1v) is 11.0. The zero-order chi connectivity index (χ0) is 22.5. The predicted octanol–water partition coefficient (Wildman–Crippen LogP) is 2.63. The van der Waals surface area contributed by atoms with Crippen molar-refractivity contribution in [2.45, 2.75) is 6.42 Å². The van der Waals surface area contributed by atoms with Crippen LogP contribution in [-0.2, 0) is 11.2 Å². The third-order valence-electron chi connectivity index (χ3n) is 5.19. The number of nitrogens with zero attached hydrogens (tertiary/aromatic N) is 3. The van der Waals surface area contributed by atoms with Crippen LogP contribution in [0, 0.1) is 0 Å². The number of para-hydroxylation sites is 1. The minimum absolute atomic E-state index is 0.0466.